The van der Waals surface area contributed by atoms with Gasteiger partial charge in [-0.3, -0.25) is 4.90 Å². The van der Waals surface area contributed by atoms with E-state index in [0.717, 1.165) is 24.0 Å². The summed E-state index contributed by atoms with van der Waals surface area (Å²) >= 11 is 0. The van der Waals surface area contributed by atoms with Crippen molar-refractivity contribution in [3.63, 3.8) is 0 Å². The minimum Gasteiger partial charge on any atom is -0.310 e. The van der Waals surface area contributed by atoms with Crippen molar-refractivity contribution in [3.8, 4) is 0 Å². The molecule has 0 spiro atoms. The molecule has 0 amide bonds. The van der Waals surface area contributed by atoms with Gasteiger partial charge in [0, 0.05) is 24.7 Å². The Bertz CT molecular complexity index is 333. The van der Waals surface area contributed by atoms with E-state index in [0.29, 0.717) is 5.41 Å². The summed E-state index contributed by atoms with van der Waals surface area (Å²) < 4.78 is 0. The normalized spacial score (nSPS) is 39.0. The number of hydrogen-bond donors (Lipinski definition) is 1. The molecule has 0 aromatic rings. The van der Waals surface area contributed by atoms with E-state index in [2.05, 4.69) is 31.0 Å². The molecule has 0 aromatic carbocycles. The standard InChI is InChI=1S/C19H36N2/c1-19(2,3)15-7-6-8-16(11-10-15)20-17-12-14-21-13-5-4-9-18(17)21/h15-18,20H,4-14H2,1-3H3. The van der Waals surface area contributed by atoms with Crippen LogP contribution >= 0.6 is 0 Å². The Kier molecular flexibility index (Phi) is 4.95. The maximum atomic E-state index is 4.09. The Labute approximate surface area is 132 Å². The van der Waals surface area contributed by atoms with Crippen LogP contribution < -0.4 is 5.32 Å². The van der Waals surface area contributed by atoms with Crippen molar-refractivity contribution in [2.24, 2.45) is 11.3 Å². The van der Waals surface area contributed by atoms with E-state index in [1.807, 2.05) is 0 Å². The van der Waals surface area contributed by atoms with Crippen LogP contribution in [0.5, 0.6) is 0 Å². The molecule has 3 rings (SSSR count). The summed E-state index contributed by atoms with van der Waals surface area (Å²) in [6.07, 6.45) is 12.8. The van der Waals surface area contributed by atoms with E-state index in [-0.39, 0.29) is 0 Å². The molecule has 0 aromatic heterocycles. The highest BCUT2D eigenvalue weighted by molar-refractivity contribution is 4.95. The van der Waals surface area contributed by atoms with Gasteiger partial charge in [-0.25, -0.2) is 0 Å². The van der Waals surface area contributed by atoms with Crippen molar-refractivity contribution < 1.29 is 0 Å². The quantitative estimate of drug-likeness (QED) is 0.767. The highest BCUT2D eigenvalue weighted by Gasteiger charge is 2.37. The van der Waals surface area contributed by atoms with Crippen molar-refractivity contribution in [3.05, 3.63) is 0 Å². The average Bonchev–Trinajstić information content (AvgIpc) is 2.68. The molecule has 3 fully saturated rings. The summed E-state index contributed by atoms with van der Waals surface area (Å²) in [4.78, 5) is 2.76. The first-order chi connectivity index (χ1) is 10.0. The van der Waals surface area contributed by atoms with Gasteiger partial charge in [0.25, 0.3) is 0 Å². The molecule has 21 heavy (non-hydrogen) atoms. The van der Waals surface area contributed by atoms with Crippen molar-refractivity contribution in [2.75, 3.05) is 13.1 Å². The number of piperidine rings is 1. The third kappa shape index (κ3) is 3.82. The summed E-state index contributed by atoms with van der Waals surface area (Å²) in [7, 11) is 0. The van der Waals surface area contributed by atoms with Gasteiger partial charge in [-0.15, -0.1) is 0 Å². The van der Waals surface area contributed by atoms with Gasteiger partial charge >= 0.3 is 0 Å². The van der Waals surface area contributed by atoms with Gasteiger partial charge in [0.15, 0.2) is 0 Å². The van der Waals surface area contributed by atoms with Gasteiger partial charge in [0.1, 0.15) is 0 Å². The Morgan fingerprint density at radius 2 is 1.67 bits per heavy atom. The number of fused-ring (bicyclic) bond motifs is 1. The molecule has 2 nitrogen and oxygen atoms in total. The van der Waals surface area contributed by atoms with Crippen LogP contribution in [-0.2, 0) is 0 Å². The zero-order valence-corrected chi connectivity index (χ0v) is 14.5. The van der Waals surface area contributed by atoms with Gasteiger partial charge in [0.2, 0.25) is 0 Å². The fourth-order valence-corrected chi connectivity index (χ4v) is 5.08. The maximum absolute atomic E-state index is 4.09. The molecule has 1 saturated carbocycles. The zero-order valence-electron chi connectivity index (χ0n) is 14.5. The lowest BCUT2D eigenvalue weighted by Gasteiger charge is -2.34. The number of nitrogens with zero attached hydrogens (tertiary/aromatic N) is 1. The van der Waals surface area contributed by atoms with Gasteiger partial charge < -0.3 is 5.32 Å². The highest BCUT2D eigenvalue weighted by Crippen LogP contribution is 2.37. The van der Waals surface area contributed by atoms with Crippen LogP contribution in [0, 0.1) is 11.3 Å². The number of rotatable bonds is 2. The predicted octanol–water partition coefficient (Wildman–Crippen LogP) is 4.20. The van der Waals surface area contributed by atoms with Crippen LogP contribution in [0.1, 0.15) is 78.6 Å². The molecule has 2 aliphatic heterocycles. The third-order valence-corrected chi connectivity index (χ3v) is 6.50. The molecule has 0 bridgehead atoms. The zero-order chi connectivity index (χ0) is 14.9. The maximum Gasteiger partial charge on any atom is 0.0249 e. The lowest BCUT2D eigenvalue weighted by Crippen LogP contribution is -2.48. The molecule has 4 unspecified atom stereocenters. The lowest BCUT2D eigenvalue weighted by molar-refractivity contribution is 0.174. The minimum atomic E-state index is 0.502. The molecule has 1 N–H and O–H groups in total. The fraction of sp³-hybridized carbons (Fsp3) is 1.00. The molecule has 4 atom stereocenters. The Hall–Kier alpha value is -0.0800. The molecule has 3 aliphatic rings. The summed E-state index contributed by atoms with van der Waals surface area (Å²) in [5, 5.41) is 4.09. The Balaban J connectivity index is 1.51. The van der Waals surface area contributed by atoms with Crippen LogP contribution in [0.4, 0.5) is 0 Å². The van der Waals surface area contributed by atoms with Crippen LogP contribution in [0.15, 0.2) is 0 Å². The van der Waals surface area contributed by atoms with Crippen LogP contribution in [0.3, 0.4) is 0 Å². The minimum absolute atomic E-state index is 0.502. The first-order valence-corrected chi connectivity index (χ1v) is 9.54. The topological polar surface area (TPSA) is 15.3 Å². The lowest BCUT2D eigenvalue weighted by atomic mass is 9.76. The molecular formula is C19H36N2. The largest absolute Gasteiger partial charge is 0.310 e. The van der Waals surface area contributed by atoms with Gasteiger partial charge in [-0.1, -0.05) is 33.6 Å². The molecule has 0 radical (unpaired) electrons. The van der Waals surface area contributed by atoms with Crippen molar-refractivity contribution in [2.45, 2.75) is 96.7 Å². The Morgan fingerprint density at radius 3 is 2.48 bits per heavy atom. The monoisotopic (exact) mass is 292 g/mol. The molecule has 2 heterocycles. The molecular weight excluding hydrogens is 256 g/mol. The fourth-order valence-electron chi connectivity index (χ4n) is 5.08. The first-order valence-electron chi connectivity index (χ1n) is 9.54. The molecule has 1 aliphatic carbocycles. The van der Waals surface area contributed by atoms with E-state index in [1.54, 1.807) is 0 Å². The predicted molar refractivity (Wildman–Crippen MR) is 90.6 cm³/mol. The van der Waals surface area contributed by atoms with Crippen LogP contribution in [0.25, 0.3) is 0 Å². The van der Waals surface area contributed by atoms with E-state index >= 15 is 0 Å². The second kappa shape index (κ2) is 6.58. The summed E-state index contributed by atoms with van der Waals surface area (Å²) in [5.41, 5.74) is 0.502. The van der Waals surface area contributed by atoms with E-state index in [1.165, 1.54) is 70.9 Å². The van der Waals surface area contributed by atoms with Crippen molar-refractivity contribution >= 4 is 0 Å². The number of nitrogens with one attached hydrogen (secondary N) is 1. The summed E-state index contributed by atoms with van der Waals surface area (Å²) in [6, 6.07) is 2.45. The van der Waals surface area contributed by atoms with Gasteiger partial charge in [0.05, 0.1) is 0 Å². The van der Waals surface area contributed by atoms with Crippen molar-refractivity contribution in [1.29, 1.82) is 0 Å². The van der Waals surface area contributed by atoms with Crippen LogP contribution in [-0.4, -0.2) is 36.1 Å². The SMILES string of the molecule is CC(C)(C)C1CCCC(NC2CCN3CCCCC23)CC1. The van der Waals surface area contributed by atoms with E-state index < -0.39 is 0 Å². The average molecular weight is 293 g/mol. The van der Waals surface area contributed by atoms with Gasteiger partial charge in [-0.05, 0) is 62.8 Å². The summed E-state index contributed by atoms with van der Waals surface area (Å²) in [6.45, 7) is 10.0. The second-order valence-electron chi connectivity index (χ2n) is 8.93. The van der Waals surface area contributed by atoms with E-state index in [9.17, 15) is 0 Å². The number of hydrogen-bond acceptors (Lipinski definition) is 2. The van der Waals surface area contributed by atoms with Crippen molar-refractivity contribution in [1.82, 2.24) is 10.2 Å². The van der Waals surface area contributed by atoms with Crippen LogP contribution in [0.2, 0.25) is 0 Å². The smallest absolute Gasteiger partial charge is 0.0249 e. The third-order valence-electron chi connectivity index (χ3n) is 6.50. The second-order valence-corrected chi connectivity index (χ2v) is 8.93. The molecule has 122 valence electrons. The van der Waals surface area contributed by atoms with E-state index in [4.69, 9.17) is 0 Å². The summed E-state index contributed by atoms with van der Waals surface area (Å²) in [5.74, 6) is 0.930. The Morgan fingerprint density at radius 1 is 0.810 bits per heavy atom. The molecule has 2 saturated heterocycles. The first kappa shape index (κ1) is 15.8. The molecule has 2 heteroatoms. The van der Waals surface area contributed by atoms with Gasteiger partial charge in [-0.2, -0.15) is 0 Å². The highest BCUT2D eigenvalue weighted by atomic mass is 15.2.